The van der Waals surface area contributed by atoms with Crippen molar-refractivity contribution < 1.29 is 0 Å². The average molecular weight is 194 g/mol. The summed E-state index contributed by atoms with van der Waals surface area (Å²) in [5.74, 6) is 1.28. The molecule has 0 saturated heterocycles. The topological polar surface area (TPSA) is 55.0 Å². The lowest BCUT2D eigenvalue weighted by atomic mass is 9.96. The predicted octanol–water partition coefficient (Wildman–Crippen LogP) is 1.54. The highest BCUT2D eigenvalue weighted by Crippen LogP contribution is 2.18. The molecule has 4 nitrogen and oxygen atoms in total. The summed E-state index contributed by atoms with van der Waals surface area (Å²) < 4.78 is 0. The van der Waals surface area contributed by atoms with Gasteiger partial charge in [-0.25, -0.2) is 4.98 Å². The van der Waals surface area contributed by atoms with Gasteiger partial charge in [0.25, 0.3) is 0 Å². The van der Waals surface area contributed by atoms with E-state index in [4.69, 9.17) is 5.73 Å². The SMILES string of the molecule is CN(CC(C)(C)C)c1cncc(N)n1. The maximum atomic E-state index is 5.56. The molecule has 0 amide bonds. The van der Waals surface area contributed by atoms with E-state index in [1.807, 2.05) is 7.05 Å². The highest BCUT2D eigenvalue weighted by atomic mass is 15.2. The largest absolute Gasteiger partial charge is 0.382 e. The van der Waals surface area contributed by atoms with Crippen LogP contribution in [0.1, 0.15) is 20.8 Å². The molecule has 1 aromatic rings. The molecule has 0 aromatic carbocycles. The Morgan fingerprint density at radius 1 is 1.36 bits per heavy atom. The van der Waals surface area contributed by atoms with Gasteiger partial charge in [0, 0.05) is 13.6 Å². The van der Waals surface area contributed by atoms with Crippen LogP contribution in [0, 0.1) is 5.41 Å². The first-order chi connectivity index (χ1) is 6.38. The molecule has 0 unspecified atom stereocenters. The summed E-state index contributed by atoms with van der Waals surface area (Å²) in [6.45, 7) is 7.47. The Labute approximate surface area is 85.2 Å². The second kappa shape index (κ2) is 3.82. The molecule has 0 saturated carbocycles. The van der Waals surface area contributed by atoms with Gasteiger partial charge in [-0.2, -0.15) is 0 Å². The van der Waals surface area contributed by atoms with E-state index in [1.54, 1.807) is 12.4 Å². The van der Waals surface area contributed by atoms with Crippen LogP contribution in [0.2, 0.25) is 0 Å². The number of rotatable bonds is 2. The number of nitrogens with two attached hydrogens (primary N) is 1. The van der Waals surface area contributed by atoms with E-state index in [0.29, 0.717) is 5.82 Å². The van der Waals surface area contributed by atoms with Gasteiger partial charge in [-0.05, 0) is 5.41 Å². The molecule has 1 aromatic heterocycles. The molecule has 1 heterocycles. The third-order valence-corrected chi connectivity index (χ3v) is 1.74. The van der Waals surface area contributed by atoms with Gasteiger partial charge in [-0.3, -0.25) is 4.98 Å². The molecule has 0 fully saturated rings. The van der Waals surface area contributed by atoms with Crippen molar-refractivity contribution in [3.05, 3.63) is 12.4 Å². The highest BCUT2D eigenvalue weighted by molar-refractivity contribution is 5.40. The third-order valence-electron chi connectivity index (χ3n) is 1.74. The summed E-state index contributed by atoms with van der Waals surface area (Å²) >= 11 is 0. The lowest BCUT2D eigenvalue weighted by Crippen LogP contribution is -2.29. The minimum Gasteiger partial charge on any atom is -0.382 e. The number of hydrogen-bond acceptors (Lipinski definition) is 4. The fraction of sp³-hybridized carbons (Fsp3) is 0.600. The summed E-state index contributed by atoms with van der Waals surface area (Å²) in [5, 5.41) is 0. The van der Waals surface area contributed by atoms with E-state index < -0.39 is 0 Å². The summed E-state index contributed by atoms with van der Waals surface area (Å²) in [6.07, 6.45) is 3.27. The van der Waals surface area contributed by atoms with Crippen LogP contribution >= 0.6 is 0 Å². The molecule has 0 aliphatic heterocycles. The van der Waals surface area contributed by atoms with Crippen molar-refractivity contribution in [3.63, 3.8) is 0 Å². The Kier molecular flexibility index (Phi) is 2.93. The molecule has 78 valence electrons. The van der Waals surface area contributed by atoms with Gasteiger partial charge in [-0.1, -0.05) is 20.8 Å². The average Bonchev–Trinajstić information content (AvgIpc) is 2.01. The molecule has 0 atom stereocenters. The van der Waals surface area contributed by atoms with Crippen LogP contribution in [0.5, 0.6) is 0 Å². The number of nitrogen functional groups attached to an aromatic ring is 1. The zero-order chi connectivity index (χ0) is 10.8. The summed E-state index contributed by atoms with van der Waals surface area (Å²) in [7, 11) is 1.99. The molecule has 0 aliphatic carbocycles. The Hall–Kier alpha value is -1.32. The maximum Gasteiger partial charge on any atom is 0.149 e. The molecule has 0 bridgehead atoms. The van der Waals surface area contributed by atoms with E-state index in [9.17, 15) is 0 Å². The lowest BCUT2D eigenvalue weighted by molar-refractivity contribution is 0.417. The van der Waals surface area contributed by atoms with E-state index in [0.717, 1.165) is 12.4 Å². The van der Waals surface area contributed by atoms with Crippen molar-refractivity contribution in [2.75, 3.05) is 24.2 Å². The Bertz CT molecular complexity index is 303. The molecule has 14 heavy (non-hydrogen) atoms. The van der Waals surface area contributed by atoms with Crippen LogP contribution in [0.3, 0.4) is 0 Å². The second-order valence-electron chi connectivity index (χ2n) is 4.72. The number of anilines is 2. The van der Waals surface area contributed by atoms with Crippen molar-refractivity contribution in [2.45, 2.75) is 20.8 Å². The van der Waals surface area contributed by atoms with Crippen LogP contribution < -0.4 is 10.6 Å². The van der Waals surface area contributed by atoms with Crippen LogP contribution in [0.4, 0.5) is 11.6 Å². The van der Waals surface area contributed by atoms with Crippen molar-refractivity contribution >= 4 is 11.6 Å². The van der Waals surface area contributed by atoms with Gasteiger partial charge in [0.2, 0.25) is 0 Å². The van der Waals surface area contributed by atoms with Crippen molar-refractivity contribution in [1.29, 1.82) is 0 Å². The van der Waals surface area contributed by atoms with E-state index in [2.05, 4.69) is 35.6 Å². The molecule has 0 radical (unpaired) electrons. The lowest BCUT2D eigenvalue weighted by Gasteiger charge is -2.27. The fourth-order valence-corrected chi connectivity index (χ4v) is 1.35. The Morgan fingerprint density at radius 3 is 2.50 bits per heavy atom. The van der Waals surface area contributed by atoms with E-state index in [-0.39, 0.29) is 5.41 Å². The van der Waals surface area contributed by atoms with Gasteiger partial charge in [-0.15, -0.1) is 0 Å². The Morgan fingerprint density at radius 2 is 2.00 bits per heavy atom. The van der Waals surface area contributed by atoms with Gasteiger partial charge >= 0.3 is 0 Å². The smallest absolute Gasteiger partial charge is 0.149 e. The second-order valence-corrected chi connectivity index (χ2v) is 4.72. The summed E-state index contributed by atoms with van der Waals surface area (Å²) in [6, 6.07) is 0. The molecule has 0 spiro atoms. The van der Waals surface area contributed by atoms with Gasteiger partial charge in [0.05, 0.1) is 12.4 Å². The zero-order valence-electron chi connectivity index (χ0n) is 9.28. The van der Waals surface area contributed by atoms with Crippen molar-refractivity contribution in [2.24, 2.45) is 5.41 Å². The van der Waals surface area contributed by atoms with Crippen LogP contribution in [-0.2, 0) is 0 Å². The highest BCUT2D eigenvalue weighted by Gasteiger charge is 2.14. The third kappa shape index (κ3) is 3.20. The number of aromatic nitrogens is 2. The zero-order valence-corrected chi connectivity index (χ0v) is 9.28. The van der Waals surface area contributed by atoms with Gasteiger partial charge in [0.1, 0.15) is 11.6 Å². The van der Waals surface area contributed by atoms with Crippen LogP contribution in [0.15, 0.2) is 12.4 Å². The first-order valence-corrected chi connectivity index (χ1v) is 4.67. The van der Waals surface area contributed by atoms with E-state index in [1.165, 1.54) is 0 Å². The normalized spacial score (nSPS) is 11.4. The molecule has 1 rings (SSSR count). The minimum absolute atomic E-state index is 0.237. The molecule has 0 aliphatic rings. The monoisotopic (exact) mass is 194 g/mol. The standard InChI is InChI=1S/C10H18N4/c1-10(2,3)7-14(4)9-6-12-5-8(11)13-9/h5-6H,7H2,1-4H3,(H2,11,13). The van der Waals surface area contributed by atoms with Crippen molar-refractivity contribution in [1.82, 2.24) is 9.97 Å². The summed E-state index contributed by atoms with van der Waals surface area (Å²) in [5.41, 5.74) is 5.80. The molecular weight excluding hydrogens is 176 g/mol. The maximum absolute atomic E-state index is 5.56. The molecular formula is C10H18N4. The first kappa shape index (κ1) is 10.8. The van der Waals surface area contributed by atoms with Crippen molar-refractivity contribution in [3.8, 4) is 0 Å². The number of nitrogens with zero attached hydrogens (tertiary/aromatic N) is 3. The molecule has 4 heteroatoms. The van der Waals surface area contributed by atoms with Gasteiger partial charge in [0.15, 0.2) is 0 Å². The fourth-order valence-electron chi connectivity index (χ4n) is 1.35. The van der Waals surface area contributed by atoms with E-state index >= 15 is 0 Å². The first-order valence-electron chi connectivity index (χ1n) is 4.67. The van der Waals surface area contributed by atoms with Crippen LogP contribution in [0.25, 0.3) is 0 Å². The summed E-state index contributed by atoms with van der Waals surface area (Å²) in [4.78, 5) is 10.3. The minimum atomic E-state index is 0.237. The number of hydrogen-bond donors (Lipinski definition) is 1. The quantitative estimate of drug-likeness (QED) is 0.776. The van der Waals surface area contributed by atoms with Gasteiger partial charge < -0.3 is 10.6 Å². The van der Waals surface area contributed by atoms with Crippen LogP contribution in [-0.4, -0.2) is 23.6 Å². The predicted molar refractivity (Wildman–Crippen MR) is 59.2 cm³/mol. The molecule has 2 N–H and O–H groups in total. The Balaban J connectivity index is 2.74.